The molecule has 1 aromatic heterocycles. The van der Waals surface area contributed by atoms with Crippen LogP contribution in [0.5, 0.6) is 0 Å². The number of nitriles is 2. The molecule has 1 amide bonds. The van der Waals surface area contributed by atoms with Gasteiger partial charge in [0.05, 0.1) is 30.7 Å². The Morgan fingerprint density at radius 2 is 1.78 bits per heavy atom. The highest BCUT2D eigenvalue weighted by Gasteiger charge is 2.19. The van der Waals surface area contributed by atoms with Gasteiger partial charge in [0.2, 0.25) is 5.91 Å². The Morgan fingerprint density at radius 1 is 1.09 bits per heavy atom. The van der Waals surface area contributed by atoms with Gasteiger partial charge in [-0.3, -0.25) is 9.36 Å². The first-order chi connectivity index (χ1) is 15.5. The van der Waals surface area contributed by atoms with Crippen LogP contribution in [0, 0.1) is 29.6 Å². The van der Waals surface area contributed by atoms with E-state index >= 15 is 0 Å². The van der Waals surface area contributed by atoms with E-state index < -0.39 is 0 Å². The summed E-state index contributed by atoms with van der Waals surface area (Å²) in [5, 5.41) is 27.6. The predicted molar refractivity (Wildman–Crippen MR) is 124 cm³/mol. The summed E-state index contributed by atoms with van der Waals surface area (Å²) in [7, 11) is 0. The Balaban J connectivity index is 1.89. The number of aromatic nitrogens is 3. The molecule has 0 bridgehead atoms. The second-order valence-corrected chi connectivity index (χ2v) is 8.35. The summed E-state index contributed by atoms with van der Waals surface area (Å²) in [5.74, 6) is 0.635. The van der Waals surface area contributed by atoms with Gasteiger partial charge in [0.15, 0.2) is 11.0 Å². The van der Waals surface area contributed by atoms with E-state index in [4.69, 9.17) is 22.1 Å². The fourth-order valence-electron chi connectivity index (χ4n) is 3.11. The number of rotatable bonds is 9. The summed E-state index contributed by atoms with van der Waals surface area (Å²) in [4.78, 5) is 14.3. The van der Waals surface area contributed by atoms with Gasteiger partial charge in [0.1, 0.15) is 0 Å². The summed E-state index contributed by atoms with van der Waals surface area (Å²) in [6.07, 6.45) is 0.445. The first kappa shape index (κ1) is 23.3. The Bertz CT molecular complexity index is 1140. The first-order valence-corrected chi connectivity index (χ1v) is 11.3. The maximum absolute atomic E-state index is 12.8. The van der Waals surface area contributed by atoms with Gasteiger partial charge in [-0.2, -0.15) is 10.5 Å². The maximum atomic E-state index is 12.8. The molecule has 0 aliphatic rings. The molecule has 3 rings (SSSR count). The highest BCUT2D eigenvalue weighted by atomic mass is 35.5. The van der Waals surface area contributed by atoms with Crippen LogP contribution in [0.25, 0.3) is 17.1 Å². The van der Waals surface area contributed by atoms with Gasteiger partial charge in [-0.15, -0.1) is 10.2 Å². The van der Waals surface area contributed by atoms with Gasteiger partial charge < -0.3 is 4.90 Å². The molecule has 0 radical (unpaired) electrons. The molecule has 162 valence electrons. The highest BCUT2D eigenvalue weighted by molar-refractivity contribution is 7.99. The van der Waals surface area contributed by atoms with Gasteiger partial charge in [0, 0.05) is 29.4 Å². The van der Waals surface area contributed by atoms with Crippen molar-refractivity contribution in [3.8, 4) is 29.2 Å². The Hall–Kier alpha value is -3.33. The van der Waals surface area contributed by atoms with Gasteiger partial charge in [-0.25, -0.2) is 0 Å². The van der Waals surface area contributed by atoms with Crippen LogP contribution in [-0.2, 0) is 4.79 Å². The lowest BCUT2D eigenvalue weighted by Gasteiger charge is -2.20. The van der Waals surface area contributed by atoms with Crippen molar-refractivity contribution in [1.82, 2.24) is 19.7 Å². The summed E-state index contributed by atoms with van der Waals surface area (Å²) >= 11 is 7.34. The molecule has 0 unspecified atom stereocenters. The fourth-order valence-corrected chi connectivity index (χ4v) is 4.09. The van der Waals surface area contributed by atoms with Crippen molar-refractivity contribution in [2.24, 2.45) is 0 Å². The molecule has 7 nitrogen and oxygen atoms in total. The number of hydrogen-bond donors (Lipinski definition) is 0. The molecule has 0 atom stereocenters. The normalized spacial score (nSPS) is 10.4. The van der Waals surface area contributed by atoms with Crippen LogP contribution >= 0.6 is 23.4 Å². The molecule has 3 aromatic rings. The molecular formula is C23H21ClN6OS. The lowest BCUT2D eigenvalue weighted by Crippen LogP contribution is -2.34. The van der Waals surface area contributed by atoms with E-state index in [2.05, 4.69) is 10.2 Å². The Morgan fingerprint density at radius 3 is 2.41 bits per heavy atom. The van der Waals surface area contributed by atoms with E-state index in [0.29, 0.717) is 29.1 Å². The molecule has 2 aromatic carbocycles. The van der Waals surface area contributed by atoms with Crippen LogP contribution in [0.15, 0.2) is 53.7 Å². The van der Waals surface area contributed by atoms with Crippen molar-refractivity contribution in [1.29, 1.82) is 10.5 Å². The molecule has 0 spiro atoms. The van der Waals surface area contributed by atoms with E-state index in [1.54, 1.807) is 17.0 Å². The highest BCUT2D eigenvalue weighted by Crippen LogP contribution is 2.29. The lowest BCUT2D eigenvalue weighted by molar-refractivity contribution is -0.128. The van der Waals surface area contributed by atoms with Gasteiger partial charge in [-0.05, 0) is 37.3 Å². The standard InChI is InChI=1S/C23H21ClN6OS/c1-17-5-2-6-18(15-17)22-27-28-23(30(22)20-9-7-19(24)8-10-20)32-16-21(31)29(13-3-11-25)14-4-12-26/h2,5-10,15H,3-4,13-14,16H2,1H3. The minimum Gasteiger partial charge on any atom is -0.340 e. The number of hydrogen-bond acceptors (Lipinski definition) is 6. The number of carbonyl (C=O) groups excluding carboxylic acids is 1. The van der Waals surface area contributed by atoms with Crippen molar-refractivity contribution in [3.05, 3.63) is 59.1 Å². The van der Waals surface area contributed by atoms with E-state index in [1.165, 1.54) is 11.8 Å². The Kier molecular flexibility index (Phi) is 8.27. The zero-order valence-electron chi connectivity index (χ0n) is 17.5. The van der Waals surface area contributed by atoms with E-state index in [9.17, 15) is 4.79 Å². The number of thioether (sulfide) groups is 1. The van der Waals surface area contributed by atoms with Crippen LogP contribution in [0.2, 0.25) is 5.02 Å². The first-order valence-electron chi connectivity index (χ1n) is 9.96. The van der Waals surface area contributed by atoms with Crippen LogP contribution in [0.3, 0.4) is 0 Å². The van der Waals surface area contributed by atoms with Crippen molar-refractivity contribution in [2.45, 2.75) is 24.9 Å². The summed E-state index contributed by atoms with van der Waals surface area (Å²) in [6.45, 7) is 2.61. The Labute approximate surface area is 196 Å². The van der Waals surface area contributed by atoms with Gasteiger partial charge in [0.25, 0.3) is 0 Å². The second kappa shape index (κ2) is 11.3. The monoisotopic (exact) mass is 464 g/mol. The molecule has 32 heavy (non-hydrogen) atoms. The third-order valence-electron chi connectivity index (χ3n) is 4.66. The maximum Gasteiger partial charge on any atom is 0.233 e. The van der Waals surface area contributed by atoms with Crippen molar-refractivity contribution < 1.29 is 4.79 Å². The summed E-state index contributed by atoms with van der Waals surface area (Å²) in [5.41, 5.74) is 2.84. The van der Waals surface area contributed by atoms with E-state index in [0.717, 1.165) is 16.8 Å². The average Bonchev–Trinajstić information content (AvgIpc) is 3.22. The van der Waals surface area contributed by atoms with Crippen LogP contribution in [-0.4, -0.2) is 44.4 Å². The smallest absolute Gasteiger partial charge is 0.233 e. The zero-order chi connectivity index (χ0) is 22.9. The summed E-state index contributed by atoms with van der Waals surface area (Å²) in [6, 6.07) is 19.4. The summed E-state index contributed by atoms with van der Waals surface area (Å²) < 4.78 is 1.90. The minimum absolute atomic E-state index is 0.121. The van der Waals surface area contributed by atoms with E-state index in [1.807, 2.05) is 60.0 Å². The molecule has 9 heteroatoms. The lowest BCUT2D eigenvalue weighted by atomic mass is 10.1. The van der Waals surface area contributed by atoms with Gasteiger partial charge in [-0.1, -0.05) is 47.1 Å². The number of halogens is 1. The number of amides is 1. The fraction of sp³-hybridized carbons (Fsp3) is 0.261. The number of nitrogens with zero attached hydrogens (tertiary/aromatic N) is 6. The largest absolute Gasteiger partial charge is 0.340 e. The van der Waals surface area contributed by atoms with Crippen molar-refractivity contribution in [3.63, 3.8) is 0 Å². The zero-order valence-corrected chi connectivity index (χ0v) is 19.1. The number of aryl methyl sites for hydroxylation is 1. The molecular weight excluding hydrogens is 444 g/mol. The average molecular weight is 465 g/mol. The minimum atomic E-state index is -0.150. The van der Waals surface area contributed by atoms with Crippen molar-refractivity contribution >= 4 is 29.3 Å². The molecule has 0 aliphatic heterocycles. The third-order valence-corrected chi connectivity index (χ3v) is 5.82. The van der Waals surface area contributed by atoms with Gasteiger partial charge >= 0.3 is 0 Å². The molecule has 0 saturated carbocycles. The molecule has 0 N–H and O–H groups in total. The van der Waals surface area contributed by atoms with Crippen molar-refractivity contribution in [2.75, 3.05) is 18.8 Å². The SMILES string of the molecule is Cc1cccc(-c2nnc(SCC(=O)N(CCC#N)CCC#N)n2-c2ccc(Cl)cc2)c1. The number of benzene rings is 2. The molecule has 1 heterocycles. The second-order valence-electron chi connectivity index (χ2n) is 6.97. The predicted octanol–water partition coefficient (Wildman–Crippen LogP) is 4.64. The topological polar surface area (TPSA) is 98.6 Å². The van der Waals surface area contributed by atoms with Crippen LogP contribution in [0.4, 0.5) is 0 Å². The molecule has 0 fully saturated rings. The van der Waals surface area contributed by atoms with Crippen LogP contribution in [0.1, 0.15) is 18.4 Å². The quantitative estimate of drug-likeness (QED) is 0.427. The number of carbonyl (C=O) groups is 1. The van der Waals surface area contributed by atoms with E-state index in [-0.39, 0.29) is 24.5 Å². The molecule has 0 saturated heterocycles. The third kappa shape index (κ3) is 5.88. The molecule has 0 aliphatic carbocycles. The van der Waals surface area contributed by atoms with Crippen LogP contribution < -0.4 is 0 Å².